The Morgan fingerprint density at radius 2 is 2.29 bits per heavy atom. The number of nitrogens with zero attached hydrogens (tertiary/aromatic N) is 1. The summed E-state index contributed by atoms with van der Waals surface area (Å²) in [5.41, 5.74) is 1.31. The van der Waals surface area contributed by atoms with E-state index in [1.54, 1.807) is 11.3 Å². The second kappa shape index (κ2) is 4.98. The molecule has 1 aliphatic heterocycles. The van der Waals surface area contributed by atoms with Crippen LogP contribution in [0.15, 0.2) is 11.4 Å². The largest absolute Gasteiger partial charge is 0.300 e. The number of hydrogen-bond donors (Lipinski definition) is 1. The van der Waals surface area contributed by atoms with Gasteiger partial charge in [-0.05, 0) is 23.4 Å². The lowest BCUT2D eigenvalue weighted by atomic mass is 10.2. The molecular weight excluding hydrogens is 236 g/mol. The summed E-state index contributed by atoms with van der Waals surface area (Å²) in [5, 5.41) is 5.23. The van der Waals surface area contributed by atoms with E-state index in [0.717, 1.165) is 6.42 Å². The third-order valence-corrected chi connectivity index (χ3v) is 4.07. The van der Waals surface area contributed by atoms with E-state index in [1.165, 1.54) is 22.4 Å². The number of carbonyl (C=O) groups is 2. The summed E-state index contributed by atoms with van der Waals surface area (Å²) in [5.74, 6) is -0.223. The number of amides is 2. The molecule has 1 aliphatic rings. The average molecular weight is 252 g/mol. The van der Waals surface area contributed by atoms with Crippen LogP contribution in [0.3, 0.4) is 0 Å². The fourth-order valence-corrected chi connectivity index (χ4v) is 2.90. The van der Waals surface area contributed by atoms with E-state index in [0.29, 0.717) is 6.54 Å². The van der Waals surface area contributed by atoms with E-state index in [1.807, 2.05) is 0 Å². The summed E-state index contributed by atoms with van der Waals surface area (Å²) in [4.78, 5) is 25.5. The minimum Gasteiger partial charge on any atom is -0.300 e. The highest BCUT2D eigenvalue weighted by atomic mass is 32.1. The number of likely N-dealkylation sites (N-methyl/N-ethyl adjacent to an activating group) is 1. The predicted octanol–water partition coefficient (Wildman–Crippen LogP) is 1.16. The quantitative estimate of drug-likeness (QED) is 0.818. The van der Waals surface area contributed by atoms with Gasteiger partial charge in [-0.15, -0.1) is 11.3 Å². The SMILES string of the molecule is CCc1ccsc1CNC1CC(=O)N(C)C1=O. The van der Waals surface area contributed by atoms with Crippen molar-refractivity contribution in [1.29, 1.82) is 0 Å². The van der Waals surface area contributed by atoms with Crippen LogP contribution in [0, 0.1) is 0 Å². The maximum atomic E-state index is 11.7. The third-order valence-electron chi connectivity index (χ3n) is 3.11. The van der Waals surface area contributed by atoms with Crippen molar-refractivity contribution in [2.45, 2.75) is 32.4 Å². The van der Waals surface area contributed by atoms with E-state index in [9.17, 15) is 9.59 Å². The first-order chi connectivity index (χ1) is 8.13. The first-order valence-electron chi connectivity index (χ1n) is 5.72. The van der Waals surface area contributed by atoms with Gasteiger partial charge in [-0.3, -0.25) is 14.5 Å². The number of hydrogen-bond acceptors (Lipinski definition) is 4. The summed E-state index contributed by atoms with van der Waals surface area (Å²) in [6.45, 7) is 2.78. The highest BCUT2D eigenvalue weighted by Crippen LogP contribution is 2.18. The molecule has 1 fully saturated rings. The second-order valence-electron chi connectivity index (χ2n) is 4.15. The average Bonchev–Trinajstić information content (AvgIpc) is 2.87. The number of rotatable bonds is 4. The van der Waals surface area contributed by atoms with Gasteiger partial charge in [-0.1, -0.05) is 6.92 Å². The van der Waals surface area contributed by atoms with Crippen LogP contribution in [0.25, 0.3) is 0 Å². The van der Waals surface area contributed by atoms with Crippen molar-refractivity contribution >= 4 is 23.2 Å². The summed E-state index contributed by atoms with van der Waals surface area (Å²) in [6.07, 6.45) is 1.28. The van der Waals surface area contributed by atoms with Crippen LogP contribution in [-0.2, 0) is 22.6 Å². The molecule has 17 heavy (non-hydrogen) atoms. The highest BCUT2D eigenvalue weighted by molar-refractivity contribution is 7.10. The van der Waals surface area contributed by atoms with E-state index < -0.39 is 0 Å². The first-order valence-corrected chi connectivity index (χ1v) is 6.60. The lowest BCUT2D eigenvalue weighted by Gasteiger charge is -2.10. The van der Waals surface area contributed by atoms with Gasteiger partial charge < -0.3 is 5.32 Å². The zero-order chi connectivity index (χ0) is 12.4. The topological polar surface area (TPSA) is 49.4 Å². The maximum absolute atomic E-state index is 11.7. The molecule has 1 unspecified atom stereocenters. The maximum Gasteiger partial charge on any atom is 0.246 e. The van der Waals surface area contributed by atoms with Gasteiger partial charge in [0.25, 0.3) is 0 Å². The number of nitrogens with one attached hydrogen (secondary N) is 1. The lowest BCUT2D eigenvalue weighted by Crippen LogP contribution is -2.36. The van der Waals surface area contributed by atoms with Gasteiger partial charge in [0.15, 0.2) is 0 Å². The molecule has 0 bridgehead atoms. The normalized spacial score (nSPS) is 20.4. The molecule has 1 aromatic rings. The first kappa shape index (κ1) is 12.3. The minimum atomic E-state index is -0.348. The van der Waals surface area contributed by atoms with Gasteiger partial charge >= 0.3 is 0 Å². The molecule has 2 heterocycles. The monoisotopic (exact) mass is 252 g/mol. The van der Waals surface area contributed by atoms with Crippen molar-refractivity contribution in [3.05, 3.63) is 21.9 Å². The van der Waals surface area contributed by atoms with E-state index >= 15 is 0 Å². The Hall–Kier alpha value is -1.20. The predicted molar refractivity (Wildman–Crippen MR) is 66.7 cm³/mol. The summed E-state index contributed by atoms with van der Waals surface area (Å²) >= 11 is 1.69. The molecule has 0 saturated carbocycles. The van der Waals surface area contributed by atoms with Crippen LogP contribution in [-0.4, -0.2) is 29.8 Å². The fourth-order valence-electron chi connectivity index (χ4n) is 1.97. The zero-order valence-electron chi connectivity index (χ0n) is 10.0. The molecule has 5 heteroatoms. The molecule has 2 rings (SSSR count). The minimum absolute atomic E-state index is 0.102. The molecule has 1 saturated heterocycles. The number of carbonyl (C=O) groups excluding carboxylic acids is 2. The summed E-state index contributed by atoms with van der Waals surface area (Å²) in [6, 6.07) is 1.76. The van der Waals surface area contributed by atoms with Crippen molar-refractivity contribution in [2.75, 3.05) is 7.05 Å². The molecule has 92 valence electrons. The van der Waals surface area contributed by atoms with Crippen molar-refractivity contribution in [3.63, 3.8) is 0 Å². The van der Waals surface area contributed by atoms with Gasteiger partial charge in [-0.2, -0.15) is 0 Å². The van der Waals surface area contributed by atoms with Gasteiger partial charge in [0.05, 0.1) is 12.5 Å². The number of aryl methyl sites for hydroxylation is 1. The molecule has 2 amide bonds. The molecular formula is C12H16N2O2S. The standard InChI is InChI=1S/C12H16N2O2S/c1-3-8-4-5-17-10(8)7-13-9-6-11(15)14(2)12(9)16/h4-5,9,13H,3,6-7H2,1-2H3. The van der Waals surface area contributed by atoms with E-state index in [2.05, 4.69) is 23.7 Å². The Labute approximate surface area is 105 Å². The lowest BCUT2D eigenvalue weighted by molar-refractivity contribution is -0.137. The molecule has 1 aromatic heterocycles. The van der Waals surface area contributed by atoms with Crippen LogP contribution < -0.4 is 5.32 Å². The molecule has 1 atom stereocenters. The van der Waals surface area contributed by atoms with Gasteiger partial charge in [0.1, 0.15) is 0 Å². The van der Waals surface area contributed by atoms with Crippen molar-refractivity contribution < 1.29 is 9.59 Å². The summed E-state index contributed by atoms with van der Waals surface area (Å²) < 4.78 is 0. The molecule has 0 aliphatic carbocycles. The van der Waals surface area contributed by atoms with Crippen molar-refractivity contribution in [1.82, 2.24) is 10.2 Å². The summed E-state index contributed by atoms with van der Waals surface area (Å²) in [7, 11) is 1.54. The Kier molecular flexibility index (Phi) is 3.59. The number of thiophene rings is 1. The van der Waals surface area contributed by atoms with Gasteiger partial charge in [0.2, 0.25) is 11.8 Å². The van der Waals surface area contributed by atoms with Crippen molar-refractivity contribution in [2.24, 2.45) is 0 Å². The second-order valence-corrected chi connectivity index (χ2v) is 5.15. The molecule has 0 radical (unpaired) electrons. The Bertz CT molecular complexity index is 441. The van der Waals surface area contributed by atoms with E-state index in [-0.39, 0.29) is 24.3 Å². The van der Waals surface area contributed by atoms with Crippen molar-refractivity contribution in [3.8, 4) is 0 Å². The van der Waals surface area contributed by atoms with Gasteiger partial charge in [0, 0.05) is 18.5 Å². The zero-order valence-corrected chi connectivity index (χ0v) is 10.8. The molecule has 4 nitrogen and oxygen atoms in total. The van der Waals surface area contributed by atoms with Crippen LogP contribution in [0.4, 0.5) is 0 Å². The Morgan fingerprint density at radius 1 is 1.53 bits per heavy atom. The Balaban J connectivity index is 1.95. The van der Waals surface area contributed by atoms with Crippen LogP contribution in [0.1, 0.15) is 23.8 Å². The fraction of sp³-hybridized carbons (Fsp3) is 0.500. The smallest absolute Gasteiger partial charge is 0.246 e. The van der Waals surface area contributed by atoms with Crippen LogP contribution in [0.5, 0.6) is 0 Å². The van der Waals surface area contributed by atoms with Crippen LogP contribution >= 0.6 is 11.3 Å². The van der Waals surface area contributed by atoms with Gasteiger partial charge in [-0.25, -0.2) is 0 Å². The molecule has 0 aromatic carbocycles. The Morgan fingerprint density at radius 3 is 2.88 bits per heavy atom. The molecule has 0 spiro atoms. The molecule has 1 N–H and O–H groups in total. The highest BCUT2D eigenvalue weighted by Gasteiger charge is 2.35. The third kappa shape index (κ3) is 2.40. The number of likely N-dealkylation sites (tertiary alicyclic amines) is 1. The van der Waals surface area contributed by atoms with Crippen LogP contribution in [0.2, 0.25) is 0 Å². The number of imide groups is 1. The van der Waals surface area contributed by atoms with E-state index in [4.69, 9.17) is 0 Å².